The van der Waals surface area contributed by atoms with E-state index in [4.69, 9.17) is 0 Å². The predicted molar refractivity (Wildman–Crippen MR) is 85.5 cm³/mol. The second-order valence-electron chi connectivity index (χ2n) is 4.89. The average molecular weight is 315 g/mol. The number of halogens is 1. The normalized spacial score (nSPS) is 12.3. The molecule has 2 aromatic carbocycles. The Labute approximate surface area is 131 Å². The summed E-state index contributed by atoms with van der Waals surface area (Å²) in [6, 6.07) is 13.5. The maximum absolute atomic E-state index is 13.5. The van der Waals surface area contributed by atoms with Crippen molar-refractivity contribution in [1.82, 2.24) is 5.32 Å². The molecule has 3 aromatic rings. The second-order valence-corrected chi connectivity index (χ2v) is 5.80. The van der Waals surface area contributed by atoms with E-state index in [2.05, 4.69) is 5.32 Å². The molecule has 0 aliphatic heterocycles. The Kier molecular flexibility index (Phi) is 4.18. The highest BCUT2D eigenvalue weighted by Crippen LogP contribution is 2.29. The van der Waals surface area contributed by atoms with Gasteiger partial charge in [-0.2, -0.15) is 0 Å². The van der Waals surface area contributed by atoms with Crippen LogP contribution in [0.25, 0.3) is 10.1 Å². The Morgan fingerprint density at radius 2 is 1.91 bits per heavy atom. The van der Waals surface area contributed by atoms with Crippen LogP contribution >= 0.6 is 11.3 Å². The fourth-order valence-corrected chi connectivity index (χ4v) is 3.30. The minimum Gasteiger partial charge on any atom is -0.387 e. The van der Waals surface area contributed by atoms with E-state index in [9.17, 15) is 14.3 Å². The van der Waals surface area contributed by atoms with E-state index in [1.54, 1.807) is 17.4 Å². The molecule has 0 fully saturated rings. The van der Waals surface area contributed by atoms with E-state index in [0.717, 1.165) is 15.6 Å². The molecule has 1 amide bonds. The maximum atomic E-state index is 13.5. The van der Waals surface area contributed by atoms with E-state index in [1.165, 1.54) is 18.2 Å². The molecule has 22 heavy (non-hydrogen) atoms. The highest BCUT2D eigenvalue weighted by atomic mass is 32.1. The smallest absolute Gasteiger partial charge is 0.254 e. The van der Waals surface area contributed by atoms with E-state index in [1.807, 2.05) is 29.6 Å². The molecule has 0 saturated heterocycles. The fraction of sp³-hybridized carbons (Fsp3) is 0.118. The Hall–Kier alpha value is -2.24. The second kappa shape index (κ2) is 6.25. The largest absolute Gasteiger partial charge is 0.387 e. The van der Waals surface area contributed by atoms with Gasteiger partial charge in [0.2, 0.25) is 0 Å². The molecule has 112 valence electrons. The Bertz CT molecular complexity index is 815. The lowest BCUT2D eigenvalue weighted by atomic mass is 10.1. The van der Waals surface area contributed by atoms with Crippen LogP contribution in [0.5, 0.6) is 0 Å². The van der Waals surface area contributed by atoms with E-state index < -0.39 is 17.8 Å². The Balaban J connectivity index is 1.71. The van der Waals surface area contributed by atoms with Crippen molar-refractivity contribution < 1.29 is 14.3 Å². The van der Waals surface area contributed by atoms with Crippen LogP contribution in [0.15, 0.2) is 53.9 Å². The van der Waals surface area contributed by atoms with Gasteiger partial charge in [-0.15, -0.1) is 11.3 Å². The van der Waals surface area contributed by atoms with Gasteiger partial charge in [0.15, 0.2) is 0 Å². The van der Waals surface area contributed by atoms with Gasteiger partial charge in [-0.1, -0.05) is 30.3 Å². The third kappa shape index (κ3) is 2.86. The summed E-state index contributed by atoms with van der Waals surface area (Å²) in [6.07, 6.45) is -0.827. The summed E-state index contributed by atoms with van der Waals surface area (Å²) in [4.78, 5) is 11.9. The SMILES string of the molecule is O=C(NCC(O)c1csc2ccccc12)c1ccccc1F. The van der Waals surface area contributed by atoms with Gasteiger partial charge in [-0.05, 0) is 29.0 Å². The molecule has 1 heterocycles. The van der Waals surface area contributed by atoms with Crippen molar-refractivity contribution in [2.75, 3.05) is 6.54 Å². The minimum atomic E-state index is -0.827. The van der Waals surface area contributed by atoms with Gasteiger partial charge in [0.1, 0.15) is 5.82 Å². The number of amides is 1. The highest BCUT2D eigenvalue weighted by molar-refractivity contribution is 7.17. The lowest BCUT2D eigenvalue weighted by Crippen LogP contribution is -2.28. The first-order valence-electron chi connectivity index (χ1n) is 6.83. The van der Waals surface area contributed by atoms with E-state index in [0.29, 0.717) is 0 Å². The number of thiophene rings is 1. The average Bonchev–Trinajstić information content (AvgIpc) is 2.97. The summed E-state index contributed by atoms with van der Waals surface area (Å²) in [5.74, 6) is -1.10. The zero-order valence-electron chi connectivity index (χ0n) is 11.6. The van der Waals surface area contributed by atoms with Gasteiger partial charge in [-0.25, -0.2) is 4.39 Å². The van der Waals surface area contributed by atoms with Crippen LogP contribution in [-0.4, -0.2) is 17.6 Å². The molecule has 2 N–H and O–H groups in total. The molecule has 1 aromatic heterocycles. The molecule has 0 saturated carbocycles. The Morgan fingerprint density at radius 1 is 1.18 bits per heavy atom. The maximum Gasteiger partial charge on any atom is 0.254 e. The van der Waals surface area contributed by atoms with Gasteiger partial charge in [0.05, 0.1) is 11.7 Å². The molecule has 0 bridgehead atoms. The van der Waals surface area contributed by atoms with Crippen LogP contribution in [0, 0.1) is 5.82 Å². The molecule has 0 spiro atoms. The first-order valence-corrected chi connectivity index (χ1v) is 7.71. The first kappa shape index (κ1) is 14.7. The van der Waals surface area contributed by atoms with Gasteiger partial charge in [0, 0.05) is 16.8 Å². The summed E-state index contributed by atoms with van der Waals surface area (Å²) >= 11 is 1.54. The fourth-order valence-electron chi connectivity index (χ4n) is 2.30. The van der Waals surface area contributed by atoms with Crippen molar-refractivity contribution in [3.05, 3.63) is 70.9 Å². The molecule has 3 rings (SSSR count). The zero-order chi connectivity index (χ0) is 15.5. The van der Waals surface area contributed by atoms with Crippen molar-refractivity contribution >= 4 is 27.3 Å². The van der Waals surface area contributed by atoms with Crippen molar-refractivity contribution in [1.29, 1.82) is 0 Å². The van der Waals surface area contributed by atoms with Crippen LogP contribution in [0.2, 0.25) is 0 Å². The van der Waals surface area contributed by atoms with Crippen LogP contribution in [0.3, 0.4) is 0 Å². The number of hydrogen-bond acceptors (Lipinski definition) is 3. The van der Waals surface area contributed by atoms with Crippen molar-refractivity contribution in [2.45, 2.75) is 6.10 Å². The lowest BCUT2D eigenvalue weighted by Gasteiger charge is -2.12. The molecular formula is C17H14FNO2S. The topological polar surface area (TPSA) is 49.3 Å². The quantitative estimate of drug-likeness (QED) is 0.774. The zero-order valence-corrected chi connectivity index (χ0v) is 12.4. The standard InChI is InChI=1S/C17H14FNO2S/c18-14-7-3-1-6-12(14)17(21)19-9-15(20)13-10-22-16-8-4-2-5-11(13)16/h1-8,10,15,20H,9H2,(H,19,21). The third-order valence-corrected chi connectivity index (χ3v) is 4.43. The molecule has 0 aliphatic rings. The monoisotopic (exact) mass is 315 g/mol. The number of benzene rings is 2. The number of hydrogen-bond donors (Lipinski definition) is 2. The summed E-state index contributed by atoms with van der Waals surface area (Å²) in [6.45, 7) is 0.0356. The first-order chi connectivity index (χ1) is 10.7. The number of rotatable bonds is 4. The molecular weight excluding hydrogens is 301 g/mol. The summed E-state index contributed by atoms with van der Waals surface area (Å²) in [7, 11) is 0. The van der Waals surface area contributed by atoms with Crippen molar-refractivity contribution in [2.24, 2.45) is 0 Å². The molecule has 1 atom stereocenters. The van der Waals surface area contributed by atoms with Crippen LogP contribution in [-0.2, 0) is 0 Å². The van der Waals surface area contributed by atoms with Crippen molar-refractivity contribution in [3.63, 3.8) is 0 Å². The van der Waals surface area contributed by atoms with E-state index >= 15 is 0 Å². The Morgan fingerprint density at radius 3 is 2.73 bits per heavy atom. The van der Waals surface area contributed by atoms with Gasteiger partial charge in [-0.3, -0.25) is 4.79 Å². The highest BCUT2D eigenvalue weighted by Gasteiger charge is 2.16. The van der Waals surface area contributed by atoms with E-state index in [-0.39, 0.29) is 12.1 Å². The number of aliphatic hydroxyl groups excluding tert-OH is 1. The third-order valence-electron chi connectivity index (χ3n) is 3.44. The van der Waals surface area contributed by atoms with Gasteiger partial charge < -0.3 is 10.4 Å². The van der Waals surface area contributed by atoms with Crippen LogP contribution in [0.1, 0.15) is 22.0 Å². The summed E-state index contributed by atoms with van der Waals surface area (Å²) in [5.41, 5.74) is 0.749. The number of carbonyl (C=O) groups excluding carboxylic acids is 1. The van der Waals surface area contributed by atoms with Crippen molar-refractivity contribution in [3.8, 4) is 0 Å². The predicted octanol–water partition coefficient (Wildman–Crippen LogP) is 3.50. The van der Waals surface area contributed by atoms with Crippen LogP contribution < -0.4 is 5.32 Å². The molecule has 0 radical (unpaired) electrons. The molecule has 5 heteroatoms. The summed E-state index contributed by atoms with van der Waals surface area (Å²) in [5, 5.41) is 15.7. The number of carbonyl (C=O) groups is 1. The number of fused-ring (bicyclic) bond motifs is 1. The lowest BCUT2D eigenvalue weighted by molar-refractivity contribution is 0.0913. The summed E-state index contributed by atoms with van der Waals surface area (Å²) < 4.78 is 14.6. The van der Waals surface area contributed by atoms with Crippen LogP contribution in [0.4, 0.5) is 4.39 Å². The molecule has 0 aliphatic carbocycles. The number of aliphatic hydroxyl groups is 1. The van der Waals surface area contributed by atoms with Gasteiger partial charge >= 0.3 is 0 Å². The van der Waals surface area contributed by atoms with Gasteiger partial charge in [0.25, 0.3) is 5.91 Å². The molecule has 3 nitrogen and oxygen atoms in total. The molecule has 1 unspecified atom stereocenters. The minimum absolute atomic E-state index is 0.0233. The number of nitrogens with one attached hydrogen (secondary N) is 1.